The minimum Gasteiger partial charge on any atom is -0.374 e. The van der Waals surface area contributed by atoms with Gasteiger partial charge in [-0.05, 0) is 42.5 Å². The van der Waals surface area contributed by atoms with Crippen molar-refractivity contribution in [3.8, 4) is 0 Å². The quantitative estimate of drug-likeness (QED) is 0.440. The average molecular weight is 525 g/mol. The second-order valence-electron chi connectivity index (χ2n) is 10.2. The van der Waals surface area contributed by atoms with E-state index in [1.54, 1.807) is 4.90 Å². The predicted molar refractivity (Wildman–Crippen MR) is 136 cm³/mol. The number of aromatic nitrogens is 1. The van der Waals surface area contributed by atoms with E-state index in [1.807, 2.05) is 30.5 Å². The van der Waals surface area contributed by atoms with Gasteiger partial charge in [0, 0.05) is 42.7 Å². The highest BCUT2D eigenvalue weighted by Gasteiger charge is 2.46. The molecule has 0 bridgehead atoms. The Morgan fingerprint density at radius 2 is 1.89 bits per heavy atom. The number of halogens is 2. The summed E-state index contributed by atoms with van der Waals surface area (Å²) >= 11 is 0. The van der Waals surface area contributed by atoms with Crippen LogP contribution in [0.2, 0.25) is 0 Å². The molecule has 200 valence electrons. The Labute approximate surface area is 218 Å². The fraction of sp³-hybridized carbons (Fsp3) is 0.393. The van der Waals surface area contributed by atoms with Crippen molar-refractivity contribution in [3.05, 3.63) is 71.4 Å². The van der Waals surface area contributed by atoms with Gasteiger partial charge in [0.1, 0.15) is 17.7 Å². The Kier molecular flexibility index (Phi) is 7.16. The second-order valence-corrected chi connectivity index (χ2v) is 10.2. The van der Waals surface area contributed by atoms with Gasteiger partial charge in [0.15, 0.2) is 0 Å². The summed E-state index contributed by atoms with van der Waals surface area (Å²) in [6.45, 7) is 1.06. The van der Waals surface area contributed by atoms with Crippen LogP contribution in [0.25, 0.3) is 10.9 Å². The Balaban J connectivity index is 1.15. The van der Waals surface area contributed by atoms with Gasteiger partial charge in [-0.2, -0.15) is 0 Å². The van der Waals surface area contributed by atoms with Crippen molar-refractivity contribution in [2.45, 2.75) is 43.7 Å². The van der Waals surface area contributed by atoms with Crippen LogP contribution in [0.4, 0.5) is 8.78 Å². The molecule has 3 heterocycles. The number of rotatable bonds is 7. The number of likely N-dealkylation sites (tertiary alicyclic amines) is 1. The van der Waals surface area contributed by atoms with Crippen LogP contribution < -0.4 is 11.1 Å². The number of nitrogens with zero attached hydrogens (tertiary/aromatic N) is 1. The lowest BCUT2D eigenvalue weighted by atomic mass is 9.85. The number of hydrogen-bond acceptors (Lipinski definition) is 4. The van der Waals surface area contributed by atoms with E-state index in [0.717, 1.165) is 28.6 Å². The maximum Gasteiger partial charge on any atom is 0.240 e. The summed E-state index contributed by atoms with van der Waals surface area (Å²) in [5.74, 6) is -2.98. The molecule has 3 aromatic rings. The number of piperidine rings is 1. The third-order valence-electron chi connectivity index (χ3n) is 7.72. The number of carbonyl (C=O) groups is 3. The minimum atomic E-state index is -0.857. The molecule has 1 spiro atoms. The number of para-hydroxylation sites is 1. The maximum atomic E-state index is 14.0. The third kappa shape index (κ3) is 5.40. The number of fused-ring (bicyclic) bond motifs is 1. The van der Waals surface area contributed by atoms with E-state index in [9.17, 15) is 23.2 Å². The second kappa shape index (κ2) is 10.5. The Hall–Kier alpha value is -3.79. The Morgan fingerprint density at radius 3 is 2.63 bits per heavy atom. The molecule has 4 N–H and O–H groups in total. The van der Waals surface area contributed by atoms with Crippen LogP contribution in [-0.4, -0.2) is 58.9 Å². The molecule has 38 heavy (non-hydrogen) atoms. The lowest BCUT2D eigenvalue weighted by Crippen LogP contribution is -2.49. The molecule has 3 amide bonds. The van der Waals surface area contributed by atoms with E-state index in [4.69, 9.17) is 10.5 Å². The molecule has 0 radical (unpaired) electrons. The summed E-state index contributed by atoms with van der Waals surface area (Å²) in [5, 5.41) is 3.78. The number of nitrogens with two attached hydrogens (primary N) is 1. The van der Waals surface area contributed by atoms with Crippen LogP contribution in [0.3, 0.4) is 0 Å². The van der Waals surface area contributed by atoms with Crippen LogP contribution in [0, 0.1) is 17.6 Å². The van der Waals surface area contributed by atoms with Gasteiger partial charge < -0.3 is 25.7 Å². The maximum absolute atomic E-state index is 14.0. The van der Waals surface area contributed by atoms with Crippen molar-refractivity contribution in [3.63, 3.8) is 0 Å². The first-order valence-corrected chi connectivity index (χ1v) is 12.7. The van der Waals surface area contributed by atoms with E-state index in [0.29, 0.717) is 32.4 Å². The molecule has 8 nitrogen and oxygen atoms in total. The number of hydrogen-bond donors (Lipinski definition) is 3. The van der Waals surface area contributed by atoms with Gasteiger partial charge in [0.2, 0.25) is 17.7 Å². The molecule has 2 atom stereocenters. The van der Waals surface area contributed by atoms with Crippen molar-refractivity contribution in [1.82, 2.24) is 15.2 Å². The van der Waals surface area contributed by atoms with Crippen LogP contribution in [0.5, 0.6) is 0 Å². The number of nitrogens with one attached hydrogen (secondary N) is 2. The molecule has 0 saturated carbocycles. The molecule has 2 saturated heterocycles. The van der Waals surface area contributed by atoms with E-state index in [-0.39, 0.29) is 36.8 Å². The van der Waals surface area contributed by atoms with Crippen molar-refractivity contribution >= 4 is 28.6 Å². The number of benzene rings is 2. The SMILES string of the molecule is NC(=O)[C@@H](Cc1c[nH]c2ccccc12)NC(=O)C1COC2(CCN(C(=O)Cc3ccc(F)cc3F)CC2)C1. The van der Waals surface area contributed by atoms with Gasteiger partial charge in [-0.3, -0.25) is 14.4 Å². The molecule has 1 unspecified atom stereocenters. The van der Waals surface area contributed by atoms with Crippen LogP contribution in [0.15, 0.2) is 48.7 Å². The van der Waals surface area contributed by atoms with E-state index in [2.05, 4.69) is 10.3 Å². The first-order valence-electron chi connectivity index (χ1n) is 12.7. The highest BCUT2D eigenvalue weighted by molar-refractivity contribution is 5.89. The van der Waals surface area contributed by atoms with Gasteiger partial charge in [-0.1, -0.05) is 24.3 Å². The summed E-state index contributed by atoms with van der Waals surface area (Å²) < 4.78 is 33.2. The summed E-state index contributed by atoms with van der Waals surface area (Å²) in [4.78, 5) is 42.7. The van der Waals surface area contributed by atoms with Crippen LogP contribution >= 0.6 is 0 Å². The van der Waals surface area contributed by atoms with Gasteiger partial charge >= 0.3 is 0 Å². The normalized spacial score (nSPS) is 19.5. The fourth-order valence-corrected chi connectivity index (χ4v) is 5.50. The van der Waals surface area contributed by atoms with Crippen molar-refractivity contribution in [2.75, 3.05) is 19.7 Å². The summed E-state index contributed by atoms with van der Waals surface area (Å²) in [6.07, 6.45) is 3.52. The van der Waals surface area contributed by atoms with Crippen LogP contribution in [0.1, 0.15) is 30.4 Å². The van der Waals surface area contributed by atoms with Crippen molar-refractivity contribution in [1.29, 1.82) is 0 Å². The highest BCUT2D eigenvalue weighted by atomic mass is 19.1. The van der Waals surface area contributed by atoms with Crippen molar-refractivity contribution < 1.29 is 27.9 Å². The number of amides is 3. The standard InChI is InChI=1S/C28H30F2N4O4/c29-20-6-5-17(22(30)13-20)12-25(35)34-9-7-28(8-10-34)14-19(16-38-28)27(37)33-24(26(31)36)11-18-15-32-23-4-2-1-3-21(18)23/h1-6,13,15,19,24,32H,7-12,14,16H2,(H2,31,36)(H,33,37)/t19?,24-/m1/s1. The molecular weight excluding hydrogens is 494 g/mol. The van der Waals surface area contributed by atoms with Gasteiger partial charge in [-0.15, -0.1) is 0 Å². The molecule has 0 aliphatic carbocycles. The average Bonchev–Trinajstić information content (AvgIpc) is 3.50. The number of ether oxygens (including phenoxy) is 1. The molecule has 2 aromatic carbocycles. The lowest BCUT2D eigenvalue weighted by molar-refractivity contribution is -0.135. The van der Waals surface area contributed by atoms with Crippen LogP contribution in [-0.2, 0) is 32.0 Å². The number of primary amides is 1. The van der Waals surface area contributed by atoms with Gasteiger partial charge in [0.25, 0.3) is 0 Å². The molecular formula is C28H30F2N4O4. The zero-order valence-electron chi connectivity index (χ0n) is 20.8. The van der Waals surface area contributed by atoms with E-state index in [1.165, 1.54) is 6.07 Å². The number of carbonyl (C=O) groups excluding carboxylic acids is 3. The summed E-state index contributed by atoms with van der Waals surface area (Å²) in [5.41, 5.74) is 7.08. The Morgan fingerprint density at radius 1 is 1.13 bits per heavy atom. The zero-order chi connectivity index (χ0) is 26.9. The third-order valence-corrected chi connectivity index (χ3v) is 7.72. The molecule has 10 heteroatoms. The fourth-order valence-electron chi connectivity index (χ4n) is 5.50. The van der Waals surface area contributed by atoms with Crippen molar-refractivity contribution in [2.24, 2.45) is 11.7 Å². The first-order chi connectivity index (χ1) is 18.2. The van der Waals surface area contributed by atoms with Gasteiger partial charge in [-0.25, -0.2) is 8.78 Å². The molecule has 2 aliphatic rings. The lowest BCUT2D eigenvalue weighted by Gasteiger charge is -2.38. The zero-order valence-corrected chi connectivity index (χ0v) is 20.8. The summed E-state index contributed by atoms with van der Waals surface area (Å²) in [7, 11) is 0. The predicted octanol–water partition coefficient (Wildman–Crippen LogP) is 2.60. The van der Waals surface area contributed by atoms with E-state index >= 15 is 0 Å². The molecule has 2 fully saturated rings. The smallest absolute Gasteiger partial charge is 0.240 e. The topological polar surface area (TPSA) is 118 Å². The molecule has 1 aromatic heterocycles. The molecule has 5 rings (SSSR count). The Bertz CT molecular complexity index is 1370. The number of H-pyrrole nitrogens is 1. The van der Waals surface area contributed by atoms with Gasteiger partial charge in [0.05, 0.1) is 24.5 Å². The highest BCUT2D eigenvalue weighted by Crippen LogP contribution is 2.39. The monoisotopic (exact) mass is 524 g/mol. The van der Waals surface area contributed by atoms with E-state index < -0.39 is 35.1 Å². The minimum absolute atomic E-state index is 0.143. The number of aromatic amines is 1. The largest absolute Gasteiger partial charge is 0.374 e. The summed E-state index contributed by atoms with van der Waals surface area (Å²) in [6, 6.07) is 10.0. The molecule has 2 aliphatic heterocycles. The first kappa shape index (κ1) is 25.8.